The summed E-state index contributed by atoms with van der Waals surface area (Å²) in [4.78, 5) is 2.42. The van der Waals surface area contributed by atoms with Crippen LogP contribution in [-0.2, 0) is 0 Å². The van der Waals surface area contributed by atoms with Crippen LogP contribution in [0.4, 0.5) is 0 Å². The molecular formula is C13H28N2O. The number of likely N-dealkylation sites (N-methyl/N-ethyl adjacent to an activating group) is 2. The van der Waals surface area contributed by atoms with E-state index in [2.05, 4.69) is 17.3 Å². The second kappa shape index (κ2) is 8.04. The third-order valence-electron chi connectivity index (χ3n) is 3.71. The van der Waals surface area contributed by atoms with Crippen LogP contribution < -0.4 is 5.32 Å². The highest BCUT2D eigenvalue weighted by Crippen LogP contribution is 2.24. The van der Waals surface area contributed by atoms with Crippen molar-refractivity contribution in [1.82, 2.24) is 10.2 Å². The van der Waals surface area contributed by atoms with E-state index < -0.39 is 0 Å². The molecule has 3 heteroatoms. The zero-order valence-electron chi connectivity index (χ0n) is 10.9. The Morgan fingerprint density at radius 2 is 2.00 bits per heavy atom. The smallest absolute Gasteiger partial charge is 0.0446 e. The molecule has 1 rings (SSSR count). The number of hydrogen-bond donors (Lipinski definition) is 2. The van der Waals surface area contributed by atoms with Gasteiger partial charge < -0.3 is 15.3 Å². The van der Waals surface area contributed by atoms with Crippen molar-refractivity contribution in [2.75, 3.05) is 33.8 Å². The fourth-order valence-electron chi connectivity index (χ4n) is 2.74. The number of aliphatic hydroxyl groups excluding tert-OH is 1. The standard InChI is InChI=1S/C13H28N2O/c1-14-13(8-9-16)11-15(2)10-12-6-4-3-5-7-12/h12-14,16H,3-11H2,1-2H3. The molecule has 1 aliphatic rings. The Hall–Kier alpha value is -0.120. The van der Waals surface area contributed by atoms with Crippen LogP contribution in [-0.4, -0.2) is 49.8 Å². The Kier molecular flexibility index (Phi) is 7.01. The SMILES string of the molecule is CNC(CCO)CN(C)CC1CCCCC1. The molecule has 0 amide bonds. The molecule has 1 aliphatic carbocycles. The Balaban J connectivity index is 2.19. The summed E-state index contributed by atoms with van der Waals surface area (Å²) >= 11 is 0. The minimum atomic E-state index is 0.281. The van der Waals surface area contributed by atoms with Crippen LogP contribution in [0.1, 0.15) is 38.5 Å². The topological polar surface area (TPSA) is 35.5 Å². The molecule has 0 aromatic heterocycles. The first-order valence-electron chi connectivity index (χ1n) is 6.73. The van der Waals surface area contributed by atoms with Gasteiger partial charge in [0.25, 0.3) is 0 Å². The summed E-state index contributed by atoms with van der Waals surface area (Å²) in [5.41, 5.74) is 0. The third-order valence-corrected chi connectivity index (χ3v) is 3.71. The number of rotatable bonds is 7. The molecule has 0 bridgehead atoms. The number of nitrogens with one attached hydrogen (secondary N) is 1. The van der Waals surface area contributed by atoms with Gasteiger partial charge in [-0.1, -0.05) is 19.3 Å². The minimum Gasteiger partial charge on any atom is -0.396 e. The van der Waals surface area contributed by atoms with E-state index in [1.807, 2.05) is 7.05 Å². The molecule has 16 heavy (non-hydrogen) atoms. The molecular weight excluding hydrogens is 200 g/mol. The molecule has 0 aromatic rings. The predicted molar refractivity (Wildman–Crippen MR) is 68.6 cm³/mol. The summed E-state index contributed by atoms with van der Waals surface area (Å²) in [6, 6.07) is 0.429. The molecule has 0 aliphatic heterocycles. The maximum absolute atomic E-state index is 8.94. The van der Waals surface area contributed by atoms with Gasteiger partial charge in [-0.15, -0.1) is 0 Å². The zero-order valence-corrected chi connectivity index (χ0v) is 10.9. The molecule has 1 fully saturated rings. The van der Waals surface area contributed by atoms with Crippen LogP contribution in [0.15, 0.2) is 0 Å². The van der Waals surface area contributed by atoms with Crippen LogP contribution in [0, 0.1) is 5.92 Å². The highest BCUT2D eigenvalue weighted by molar-refractivity contribution is 4.73. The van der Waals surface area contributed by atoms with E-state index in [0.717, 1.165) is 18.9 Å². The Bertz CT molecular complexity index is 163. The lowest BCUT2D eigenvalue weighted by Gasteiger charge is -2.29. The van der Waals surface area contributed by atoms with Gasteiger partial charge in [-0.25, -0.2) is 0 Å². The van der Waals surface area contributed by atoms with Gasteiger partial charge in [-0.2, -0.15) is 0 Å². The summed E-state index contributed by atoms with van der Waals surface area (Å²) in [5.74, 6) is 0.908. The summed E-state index contributed by atoms with van der Waals surface area (Å²) in [7, 11) is 4.19. The zero-order chi connectivity index (χ0) is 11.8. The Labute approximate surface area is 100 Å². The van der Waals surface area contributed by atoms with Crippen molar-refractivity contribution in [3.8, 4) is 0 Å². The van der Waals surface area contributed by atoms with Crippen molar-refractivity contribution >= 4 is 0 Å². The van der Waals surface area contributed by atoms with E-state index in [-0.39, 0.29) is 6.61 Å². The number of aliphatic hydroxyl groups is 1. The van der Waals surface area contributed by atoms with E-state index in [1.165, 1.54) is 38.6 Å². The van der Waals surface area contributed by atoms with E-state index in [4.69, 9.17) is 5.11 Å². The van der Waals surface area contributed by atoms with E-state index in [9.17, 15) is 0 Å². The summed E-state index contributed by atoms with van der Waals surface area (Å²) in [5, 5.41) is 12.2. The lowest BCUT2D eigenvalue weighted by molar-refractivity contribution is 0.199. The molecule has 0 radical (unpaired) electrons. The normalized spacial score (nSPS) is 20.2. The van der Waals surface area contributed by atoms with Crippen molar-refractivity contribution < 1.29 is 5.11 Å². The van der Waals surface area contributed by atoms with Crippen molar-refractivity contribution in [2.45, 2.75) is 44.6 Å². The van der Waals surface area contributed by atoms with E-state index in [1.54, 1.807) is 0 Å². The maximum Gasteiger partial charge on any atom is 0.0446 e. The van der Waals surface area contributed by atoms with Gasteiger partial charge >= 0.3 is 0 Å². The highest BCUT2D eigenvalue weighted by atomic mass is 16.3. The van der Waals surface area contributed by atoms with Crippen molar-refractivity contribution in [2.24, 2.45) is 5.92 Å². The minimum absolute atomic E-state index is 0.281. The molecule has 96 valence electrons. The summed E-state index contributed by atoms with van der Waals surface area (Å²) in [6.45, 7) is 2.56. The van der Waals surface area contributed by atoms with Crippen molar-refractivity contribution in [3.05, 3.63) is 0 Å². The molecule has 1 atom stereocenters. The maximum atomic E-state index is 8.94. The lowest BCUT2D eigenvalue weighted by atomic mass is 9.89. The van der Waals surface area contributed by atoms with Gasteiger partial charge in [-0.3, -0.25) is 0 Å². The molecule has 0 saturated heterocycles. The molecule has 2 N–H and O–H groups in total. The molecule has 0 spiro atoms. The van der Waals surface area contributed by atoms with Gasteiger partial charge in [0.1, 0.15) is 0 Å². The average Bonchev–Trinajstić information content (AvgIpc) is 2.29. The Morgan fingerprint density at radius 3 is 2.56 bits per heavy atom. The van der Waals surface area contributed by atoms with Gasteiger partial charge in [0.05, 0.1) is 0 Å². The fraction of sp³-hybridized carbons (Fsp3) is 1.00. The summed E-state index contributed by atoms with van der Waals surface area (Å²) in [6.07, 6.45) is 7.95. The van der Waals surface area contributed by atoms with Crippen molar-refractivity contribution in [3.63, 3.8) is 0 Å². The molecule has 3 nitrogen and oxygen atoms in total. The van der Waals surface area contributed by atoms with Crippen LogP contribution in [0.3, 0.4) is 0 Å². The number of nitrogens with zero attached hydrogens (tertiary/aromatic N) is 1. The second-order valence-electron chi connectivity index (χ2n) is 5.22. The molecule has 1 unspecified atom stereocenters. The quantitative estimate of drug-likeness (QED) is 0.692. The van der Waals surface area contributed by atoms with Crippen molar-refractivity contribution in [1.29, 1.82) is 0 Å². The van der Waals surface area contributed by atoms with E-state index >= 15 is 0 Å². The molecule has 0 heterocycles. The first-order chi connectivity index (χ1) is 7.76. The molecule has 0 aromatic carbocycles. The Morgan fingerprint density at radius 1 is 1.31 bits per heavy atom. The first kappa shape index (κ1) is 13.9. The van der Waals surface area contributed by atoms with Crippen LogP contribution in [0.25, 0.3) is 0 Å². The van der Waals surface area contributed by atoms with Crippen LogP contribution >= 0.6 is 0 Å². The van der Waals surface area contributed by atoms with Crippen LogP contribution in [0.5, 0.6) is 0 Å². The predicted octanol–water partition coefficient (Wildman–Crippen LogP) is 1.47. The molecule has 1 saturated carbocycles. The fourth-order valence-corrected chi connectivity index (χ4v) is 2.74. The summed E-state index contributed by atoms with van der Waals surface area (Å²) < 4.78 is 0. The van der Waals surface area contributed by atoms with Gasteiger partial charge in [-0.05, 0) is 39.3 Å². The average molecular weight is 228 g/mol. The largest absolute Gasteiger partial charge is 0.396 e. The number of hydrogen-bond acceptors (Lipinski definition) is 3. The van der Waals surface area contributed by atoms with Gasteiger partial charge in [0, 0.05) is 25.7 Å². The lowest BCUT2D eigenvalue weighted by Crippen LogP contribution is -2.40. The first-order valence-corrected chi connectivity index (χ1v) is 6.73. The van der Waals surface area contributed by atoms with Gasteiger partial charge in [0.15, 0.2) is 0 Å². The second-order valence-corrected chi connectivity index (χ2v) is 5.22. The van der Waals surface area contributed by atoms with Gasteiger partial charge in [0.2, 0.25) is 0 Å². The monoisotopic (exact) mass is 228 g/mol. The highest BCUT2D eigenvalue weighted by Gasteiger charge is 2.16. The van der Waals surface area contributed by atoms with E-state index in [0.29, 0.717) is 6.04 Å². The third kappa shape index (κ3) is 5.28. The van der Waals surface area contributed by atoms with Crippen LogP contribution in [0.2, 0.25) is 0 Å².